The lowest BCUT2D eigenvalue weighted by atomic mass is 10.0. The van der Waals surface area contributed by atoms with Crippen molar-refractivity contribution in [3.63, 3.8) is 0 Å². The highest BCUT2D eigenvalue weighted by atomic mass is 35.5. The standard InChI is InChI=1S/C21H17ClN2O4/c1-28-20-10-8-17(12-15(20)11-14-5-3-2-4-6-14)23-21(25)18-9-7-16(22)13-19(18)24(26)27/h2-10,12-13H,11H2,1H3,(H,23,25). The van der Waals surface area contributed by atoms with Crippen molar-refractivity contribution < 1.29 is 14.5 Å². The summed E-state index contributed by atoms with van der Waals surface area (Å²) in [6.45, 7) is 0. The third kappa shape index (κ3) is 4.47. The monoisotopic (exact) mass is 396 g/mol. The van der Waals surface area contributed by atoms with Crippen molar-refractivity contribution >= 4 is 28.9 Å². The minimum absolute atomic E-state index is 0.0603. The van der Waals surface area contributed by atoms with Crippen LogP contribution in [-0.4, -0.2) is 17.9 Å². The molecule has 0 heterocycles. The molecule has 142 valence electrons. The molecule has 3 aromatic rings. The molecule has 0 aliphatic rings. The molecule has 0 atom stereocenters. The fraction of sp³-hybridized carbons (Fsp3) is 0.0952. The Morgan fingerprint density at radius 1 is 1.11 bits per heavy atom. The average Bonchev–Trinajstić information content (AvgIpc) is 2.69. The van der Waals surface area contributed by atoms with Crippen LogP contribution >= 0.6 is 11.6 Å². The second kappa shape index (κ2) is 8.54. The topological polar surface area (TPSA) is 81.5 Å². The highest BCUT2D eigenvalue weighted by molar-refractivity contribution is 6.31. The molecule has 0 saturated carbocycles. The number of nitrogens with zero attached hydrogens (tertiary/aromatic N) is 1. The van der Waals surface area contributed by atoms with Crippen LogP contribution in [0.2, 0.25) is 5.02 Å². The van der Waals surface area contributed by atoms with Gasteiger partial charge in [-0.15, -0.1) is 0 Å². The van der Waals surface area contributed by atoms with Crippen LogP contribution in [0.15, 0.2) is 66.7 Å². The zero-order chi connectivity index (χ0) is 20.1. The number of halogens is 1. The number of carbonyl (C=O) groups excluding carboxylic acids is 1. The van der Waals surface area contributed by atoms with Gasteiger partial charge in [-0.3, -0.25) is 14.9 Å². The fourth-order valence-corrected chi connectivity index (χ4v) is 3.02. The van der Waals surface area contributed by atoms with Gasteiger partial charge in [0.25, 0.3) is 11.6 Å². The summed E-state index contributed by atoms with van der Waals surface area (Å²) in [4.78, 5) is 23.2. The Morgan fingerprint density at radius 2 is 1.86 bits per heavy atom. The molecule has 0 unspecified atom stereocenters. The second-order valence-corrected chi connectivity index (χ2v) is 6.50. The van der Waals surface area contributed by atoms with Crippen molar-refractivity contribution in [3.8, 4) is 5.75 Å². The van der Waals surface area contributed by atoms with Gasteiger partial charge in [-0.1, -0.05) is 41.9 Å². The van der Waals surface area contributed by atoms with Crippen molar-refractivity contribution in [2.24, 2.45) is 0 Å². The lowest BCUT2D eigenvalue weighted by Crippen LogP contribution is -2.14. The summed E-state index contributed by atoms with van der Waals surface area (Å²) in [6, 6.07) is 19.0. The Kier molecular flexibility index (Phi) is 5.91. The molecule has 0 aliphatic heterocycles. The molecule has 0 radical (unpaired) electrons. The normalized spacial score (nSPS) is 10.4. The summed E-state index contributed by atoms with van der Waals surface area (Å²) in [5, 5.41) is 14.1. The first-order valence-electron chi connectivity index (χ1n) is 8.44. The quantitative estimate of drug-likeness (QED) is 0.464. The van der Waals surface area contributed by atoms with E-state index in [1.165, 1.54) is 12.1 Å². The summed E-state index contributed by atoms with van der Waals surface area (Å²) >= 11 is 5.81. The summed E-state index contributed by atoms with van der Waals surface area (Å²) in [5.74, 6) is 0.110. The number of nitro benzene ring substituents is 1. The molecule has 1 amide bonds. The first kappa shape index (κ1) is 19.4. The zero-order valence-electron chi connectivity index (χ0n) is 15.0. The molecule has 3 rings (SSSR count). The van der Waals surface area contributed by atoms with E-state index in [9.17, 15) is 14.9 Å². The van der Waals surface area contributed by atoms with Gasteiger partial charge in [0.15, 0.2) is 0 Å². The minimum atomic E-state index is -0.629. The van der Waals surface area contributed by atoms with Gasteiger partial charge in [-0.05, 0) is 35.9 Å². The van der Waals surface area contributed by atoms with Gasteiger partial charge in [-0.25, -0.2) is 0 Å². The number of amides is 1. The van der Waals surface area contributed by atoms with Crippen molar-refractivity contribution in [2.75, 3.05) is 12.4 Å². The van der Waals surface area contributed by atoms with Crippen LogP contribution in [0, 0.1) is 10.1 Å². The van der Waals surface area contributed by atoms with Gasteiger partial charge < -0.3 is 10.1 Å². The van der Waals surface area contributed by atoms with E-state index in [0.29, 0.717) is 17.9 Å². The minimum Gasteiger partial charge on any atom is -0.496 e. The molecular formula is C21H17ClN2O4. The van der Waals surface area contributed by atoms with E-state index < -0.39 is 10.8 Å². The van der Waals surface area contributed by atoms with Crippen LogP contribution in [0.4, 0.5) is 11.4 Å². The van der Waals surface area contributed by atoms with Crippen molar-refractivity contribution in [3.05, 3.63) is 98.6 Å². The van der Waals surface area contributed by atoms with E-state index in [4.69, 9.17) is 16.3 Å². The number of benzene rings is 3. The van der Waals surface area contributed by atoms with Crippen LogP contribution in [-0.2, 0) is 6.42 Å². The molecule has 0 bridgehead atoms. The van der Waals surface area contributed by atoms with Crippen LogP contribution in [0.3, 0.4) is 0 Å². The number of anilines is 1. The Balaban J connectivity index is 1.88. The first-order chi connectivity index (χ1) is 13.5. The first-order valence-corrected chi connectivity index (χ1v) is 8.82. The molecule has 0 aromatic heterocycles. The molecule has 3 aromatic carbocycles. The van der Waals surface area contributed by atoms with E-state index in [-0.39, 0.29) is 16.3 Å². The van der Waals surface area contributed by atoms with Gasteiger partial charge in [0, 0.05) is 28.8 Å². The predicted octanol–water partition coefficient (Wildman–Crippen LogP) is 5.10. The maximum absolute atomic E-state index is 12.6. The Labute approximate surface area is 166 Å². The number of methoxy groups -OCH3 is 1. The lowest BCUT2D eigenvalue weighted by molar-refractivity contribution is -0.385. The SMILES string of the molecule is COc1ccc(NC(=O)c2ccc(Cl)cc2[N+](=O)[O-])cc1Cc1ccccc1. The number of nitro groups is 1. The van der Waals surface area contributed by atoms with E-state index in [1.807, 2.05) is 30.3 Å². The molecule has 7 heteroatoms. The zero-order valence-corrected chi connectivity index (χ0v) is 15.8. The number of hydrogen-bond acceptors (Lipinski definition) is 4. The van der Waals surface area contributed by atoms with E-state index in [1.54, 1.807) is 25.3 Å². The molecule has 1 N–H and O–H groups in total. The largest absolute Gasteiger partial charge is 0.496 e. The molecule has 6 nitrogen and oxygen atoms in total. The summed E-state index contributed by atoms with van der Waals surface area (Å²) in [6.07, 6.45) is 0.620. The van der Waals surface area contributed by atoms with Crippen LogP contribution < -0.4 is 10.1 Å². The molecule has 0 fully saturated rings. The Bertz CT molecular complexity index is 1020. The third-order valence-corrected chi connectivity index (χ3v) is 4.41. The maximum Gasteiger partial charge on any atom is 0.283 e. The van der Waals surface area contributed by atoms with E-state index >= 15 is 0 Å². The van der Waals surface area contributed by atoms with Gasteiger partial charge in [-0.2, -0.15) is 0 Å². The maximum atomic E-state index is 12.6. The number of carbonyl (C=O) groups is 1. The van der Waals surface area contributed by atoms with Gasteiger partial charge in [0.05, 0.1) is 12.0 Å². The van der Waals surface area contributed by atoms with Crippen molar-refractivity contribution in [1.29, 1.82) is 0 Å². The van der Waals surface area contributed by atoms with Gasteiger partial charge in [0.1, 0.15) is 11.3 Å². The molecule has 28 heavy (non-hydrogen) atoms. The number of rotatable bonds is 6. The molecule has 0 saturated heterocycles. The van der Waals surface area contributed by atoms with Gasteiger partial charge >= 0.3 is 0 Å². The average molecular weight is 397 g/mol. The summed E-state index contributed by atoms with van der Waals surface area (Å²) in [7, 11) is 1.58. The molecular weight excluding hydrogens is 380 g/mol. The van der Waals surface area contributed by atoms with Crippen molar-refractivity contribution in [2.45, 2.75) is 6.42 Å². The fourth-order valence-electron chi connectivity index (χ4n) is 2.86. The number of hydrogen-bond donors (Lipinski definition) is 1. The molecule has 0 spiro atoms. The number of ether oxygens (including phenoxy) is 1. The highest BCUT2D eigenvalue weighted by Crippen LogP contribution is 2.27. The van der Waals surface area contributed by atoms with Crippen molar-refractivity contribution in [1.82, 2.24) is 0 Å². The van der Waals surface area contributed by atoms with E-state index in [0.717, 1.165) is 17.2 Å². The number of nitrogens with one attached hydrogen (secondary N) is 1. The predicted molar refractivity (Wildman–Crippen MR) is 108 cm³/mol. The Hall–Kier alpha value is -3.38. The Morgan fingerprint density at radius 3 is 2.54 bits per heavy atom. The van der Waals surface area contributed by atoms with E-state index in [2.05, 4.69) is 5.32 Å². The summed E-state index contributed by atoms with van der Waals surface area (Å²) in [5.41, 5.74) is 2.09. The highest BCUT2D eigenvalue weighted by Gasteiger charge is 2.21. The van der Waals surface area contributed by atoms with Crippen LogP contribution in [0.5, 0.6) is 5.75 Å². The van der Waals surface area contributed by atoms with Crippen LogP contribution in [0.25, 0.3) is 0 Å². The lowest BCUT2D eigenvalue weighted by Gasteiger charge is -2.12. The summed E-state index contributed by atoms with van der Waals surface area (Å²) < 4.78 is 5.41. The third-order valence-electron chi connectivity index (χ3n) is 4.18. The van der Waals surface area contributed by atoms with Crippen LogP contribution in [0.1, 0.15) is 21.5 Å². The van der Waals surface area contributed by atoms with Gasteiger partial charge in [0.2, 0.25) is 0 Å². The smallest absolute Gasteiger partial charge is 0.283 e. The molecule has 0 aliphatic carbocycles. The second-order valence-electron chi connectivity index (χ2n) is 6.06.